The van der Waals surface area contributed by atoms with Gasteiger partial charge in [0.2, 0.25) is 0 Å². The topological polar surface area (TPSA) is 89.6 Å². The van der Waals surface area contributed by atoms with Gasteiger partial charge in [-0.15, -0.1) is 0 Å². The third kappa shape index (κ3) is 4.62. The number of amides is 2. The standard InChI is InChI=1S/C17H22N4O3/c1-13(2)11-19-16(22)14(10-18)12-20-5-7-21(8-6-20)17(23)15-4-3-9-24-15/h3-4,9,12-13H,5-8,11H2,1-2H3,(H,19,22)/b14-12-. The van der Waals surface area contributed by atoms with Gasteiger partial charge >= 0.3 is 0 Å². The van der Waals surface area contributed by atoms with Gasteiger partial charge in [0.25, 0.3) is 11.8 Å². The Kier molecular flexibility index (Phi) is 6.01. The number of hydrogen-bond acceptors (Lipinski definition) is 5. The van der Waals surface area contributed by atoms with Gasteiger partial charge < -0.3 is 19.5 Å². The van der Waals surface area contributed by atoms with Crippen molar-refractivity contribution in [3.63, 3.8) is 0 Å². The molecule has 0 radical (unpaired) electrons. The average molecular weight is 330 g/mol. The fraction of sp³-hybridized carbons (Fsp3) is 0.471. The van der Waals surface area contributed by atoms with Crippen molar-refractivity contribution in [1.29, 1.82) is 5.26 Å². The number of nitrogens with zero attached hydrogens (tertiary/aromatic N) is 3. The molecule has 1 aromatic heterocycles. The van der Waals surface area contributed by atoms with Crippen LogP contribution in [0, 0.1) is 17.2 Å². The van der Waals surface area contributed by atoms with Crippen molar-refractivity contribution < 1.29 is 14.0 Å². The molecule has 7 heteroatoms. The zero-order valence-electron chi connectivity index (χ0n) is 14.0. The summed E-state index contributed by atoms with van der Waals surface area (Å²) in [7, 11) is 0. The number of nitrogens with one attached hydrogen (secondary N) is 1. The summed E-state index contributed by atoms with van der Waals surface area (Å²) in [5.41, 5.74) is 0.0847. The fourth-order valence-electron chi connectivity index (χ4n) is 2.32. The molecular formula is C17H22N4O3. The number of piperazine rings is 1. The summed E-state index contributed by atoms with van der Waals surface area (Å²) < 4.78 is 5.12. The van der Waals surface area contributed by atoms with E-state index in [2.05, 4.69) is 5.32 Å². The van der Waals surface area contributed by atoms with Gasteiger partial charge in [-0.2, -0.15) is 5.26 Å². The maximum atomic E-state index is 12.2. The number of carbonyl (C=O) groups is 2. The van der Waals surface area contributed by atoms with Gasteiger partial charge in [-0.05, 0) is 18.1 Å². The first kappa shape index (κ1) is 17.6. The molecule has 1 aromatic rings. The summed E-state index contributed by atoms with van der Waals surface area (Å²) in [6.07, 6.45) is 3.05. The molecule has 0 spiro atoms. The van der Waals surface area contributed by atoms with Crippen molar-refractivity contribution in [2.24, 2.45) is 5.92 Å². The highest BCUT2D eigenvalue weighted by atomic mass is 16.3. The van der Waals surface area contributed by atoms with Gasteiger partial charge in [-0.1, -0.05) is 13.8 Å². The van der Waals surface area contributed by atoms with Gasteiger partial charge in [0.1, 0.15) is 11.6 Å². The molecule has 1 fully saturated rings. The van der Waals surface area contributed by atoms with Gasteiger partial charge in [0.15, 0.2) is 5.76 Å². The minimum atomic E-state index is -0.361. The number of carbonyl (C=O) groups excluding carboxylic acids is 2. The molecule has 0 aliphatic carbocycles. The number of furan rings is 1. The predicted octanol–water partition coefficient (Wildman–Crippen LogP) is 1.22. The normalized spacial score (nSPS) is 15.3. The molecule has 128 valence electrons. The van der Waals surface area contributed by atoms with E-state index in [0.717, 1.165) is 0 Å². The maximum Gasteiger partial charge on any atom is 0.289 e. The van der Waals surface area contributed by atoms with E-state index in [-0.39, 0.29) is 17.4 Å². The molecule has 0 saturated carbocycles. The van der Waals surface area contributed by atoms with Gasteiger partial charge in [-0.3, -0.25) is 9.59 Å². The van der Waals surface area contributed by atoms with Crippen molar-refractivity contribution in [1.82, 2.24) is 15.1 Å². The molecule has 24 heavy (non-hydrogen) atoms. The highest BCUT2D eigenvalue weighted by Gasteiger charge is 2.23. The van der Waals surface area contributed by atoms with Crippen molar-refractivity contribution in [2.75, 3.05) is 32.7 Å². The lowest BCUT2D eigenvalue weighted by Crippen LogP contribution is -2.47. The van der Waals surface area contributed by atoms with Gasteiger partial charge in [0.05, 0.1) is 6.26 Å². The third-order valence-electron chi connectivity index (χ3n) is 3.68. The largest absolute Gasteiger partial charge is 0.459 e. The Balaban J connectivity index is 1.90. The second-order valence-corrected chi connectivity index (χ2v) is 6.06. The average Bonchev–Trinajstić information content (AvgIpc) is 3.12. The van der Waals surface area contributed by atoms with E-state index in [1.807, 2.05) is 24.8 Å². The van der Waals surface area contributed by atoms with E-state index in [4.69, 9.17) is 4.42 Å². The molecule has 1 aliphatic rings. The molecule has 1 aliphatic heterocycles. The van der Waals surface area contributed by atoms with Crippen LogP contribution in [-0.4, -0.2) is 54.3 Å². The van der Waals surface area contributed by atoms with Crippen LogP contribution in [0.1, 0.15) is 24.4 Å². The Labute approximate surface area is 141 Å². The van der Waals surface area contributed by atoms with E-state index in [9.17, 15) is 14.9 Å². The van der Waals surface area contributed by atoms with Crippen LogP contribution in [0.2, 0.25) is 0 Å². The summed E-state index contributed by atoms with van der Waals surface area (Å²) in [6.45, 7) is 6.68. The van der Waals surface area contributed by atoms with Gasteiger partial charge in [0, 0.05) is 38.9 Å². The lowest BCUT2D eigenvalue weighted by Gasteiger charge is -2.33. The quantitative estimate of drug-likeness (QED) is 0.647. The molecule has 0 atom stereocenters. The molecule has 0 aromatic carbocycles. The molecular weight excluding hydrogens is 308 g/mol. The van der Waals surface area contributed by atoms with Crippen LogP contribution in [0.3, 0.4) is 0 Å². The summed E-state index contributed by atoms with van der Waals surface area (Å²) in [4.78, 5) is 27.8. The van der Waals surface area contributed by atoms with Crippen LogP contribution in [0.15, 0.2) is 34.6 Å². The maximum absolute atomic E-state index is 12.2. The van der Waals surface area contributed by atoms with Crippen LogP contribution in [-0.2, 0) is 4.79 Å². The highest BCUT2D eigenvalue weighted by molar-refractivity contribution is 5.97. The van der Waals surface area contributed by atoms with E-state index in [1.165, 1.54) is 6.26 Å². The number of nitriles is 1. The summed E-state index contributed by atoms with van der Waals surface area (Å²) in [6, 6.07) is 5.26. The molecule has 2 heterocycles. The molecule has 0 unspecified atom stereocenters. The van der Waals surface area contributed by atoms with Crippen LogP contribution in [0.25, 0.3) is 0 Å². The van der Waals surface area contributed by atoms with Gasteiger partial charge in [-0.25, -0.2) is 0 Å². The zero-order chi connectivity index (χ0) is 17.5. The first-order valence-corrected chi connectivity index (χ1v) is 7.98. The van der Waals surface area contributed by atoms with Crippen molar-refractivity contribution in [2.45, 2.75) is 13.8 Å². The summed E-state index contributed by atoms with van der Waals surface area (Å²) in [5.74, 6) is 0.147. The summed E-state index contributed by atoms with van der Waals surface area (Å²) in [5, 5.41) is 11.9. The monoisotopic (exact) mass is 330 g/mol. The Morgan fingerprint density at radius 1 is 1.38 bits per heavy atom. The molecule has 1 N–H and O–H groups in total. The Hall–Kier alpha value is -2.75. The highest BCUT2D eigenvalue weighted by Crippen LogP contribution is 2.10. The second-order valence-electron chi connectivity index (χ2n) is 6.06. The van der Waals surface area contributed by atoms with E-state index < -0.39 is 0 Å². The van der Waals surface area contributed by atoms with E-state index in [0.29, 0.717) is 44.4 Å². The Morgan fingerprint density at radius 2 is 2.08 bits per heavy atom. The lowest BCUT2D eigenvalue weighted by atomic mass is 10.2. The van der Waals surface area contributed by atoms with Crippen molar-refractivity contribution in [3.05, 3.63) is 35.9 Å². The molecule has 0 bridgehead atoms. The Bertz CT molecular complexity index is 635. The van der Waals surface area contributed by atoms with E-state index >= 15 is 0 Å². The Morgan fingerprint density at radius 3 is 2.62 bits per heavy atom. The minimum absolute atomic E-state index is 0.0847. The molecule has 2 rings (SSSR count). The molecule has 7 nitrogen and oxygen atoms in total. The lowest BCUT2D eigenvalue weighted by molar-refractivity contribution is -0.117. The first-order chi connectivity index (χ1) is 11.5. The first-order valence-electron chi connectivity index (χ1n) is 7.98. The predicted molar refractivity (Wildman–Crippen MR) is 87.7 cm³/mol. The molecule has 1 saturated heterocycles. The van der Waals surface area contributed by atoms with E-state index in [1.54, 1.807) is 23.2 Å². The zero-order valence-corrected chi connectivity index (χ0v) is 14.0. The van der Waals surface area contributed by atoms with Crippen LogP contribution < -0.4 is 5.32 Å². The second kappa shape index (κ2) is 8.20. The van der Waals surface area contributed by atoms with Crippen LogP contribution in [0.4, 0.5) is 0 Å². The summed E-state index contributed by atoms with van der Waals surface area (Å²) >= 11 is 0. The van der Waals surface area contributed by atoms with Crippen LogP contribution >= 0.6 is 0 Å². The SMILES string of the molecule is CC(C)CNC(=O)/C(C#N)=C\N1CCN(C(=O)c2ccco2)CC1. The number of hydrogen-bond donors (Lipinski definition) is 1. The van der Waals surface area contributed by atoms with Crippen molar-refractivity contribution >= 4 is 11.8 Å². The van der Waals surface area contributed by atoms with Crippen LogP contribution in [0.5, 0.6) is 0 Å². The molecule has 2 amide bonds. The number of rotatable bonds is 5. The fourth-order valence-corrected chi connectivity index (χ4v) is 2.32. The van der Waals surface area contributed by atoms with Crippen molar-refractivity contribution in [3.8, 4) is 6.07 Å². The smallest absolute Gasteiger partial charge is 0.289 e. The minimum Gasteiger partial charge on any atom is -0.459 e. The third-order valence-corrected chi connectivity index (χ3v) is 3.68.